The zero-order valence-electron chi connectivity index (χ0n) is 11.8. The highest BCUT2D eigenvalue weighted by molar-refractivity contribution is 5.99. The summed E-state index contributed by atoms with van der Waals surface area (Å²) in [6.07, 6.45) is 1.48. The summed E-state index contributed by atoms with van der Waals surface area (Å²) in [5.41, 5.74) is 1.21. The number of hydrogen-bond donors (Lipinski definition) is 1. The van der Waals surface area contributed by atoms with Crippen LogP contribution in [0.5, 0.6) is 5.75 Å². The predicted octanol–water partition coefficient (Wildman–Crippen LogP) is 1.40. The van der Waals surface area contributed by atoms with Crippen molar-refractivity contribution in [1.29, 1.82) is 0 Å². The van der Waals surface area contributed by atoms with Gasteiger partial charge in [-0.2, -0.15) is 0 Å². The van der Waals surface area contributed by atoms with E-state index in [1.54, 1.807) is 7.11 Å². The number of nitrogens with zero attached hydrogens (tertiary/aromatic N) is 2. The first-order valence-electron chi connectivity index (χ1n) is 6.89. The maximum Gasteiger partial charge on any atom is 0.259 e. The van der Waals surface area contributed by atoms with Crippen LogP contribution in [0.2, 0.25) is 0 Å². The van der Waals surface area contributed by atoms with Crippen molar-refractivity contribution in [3.8, 4) is 17.1 Å². The van der Waals surface area contributed by atoms with Crippen molar-refractivity contribution in [2.45, 2.75) is 0 Å². The fraction of sp³-hybridized carbons (Fsp3) is 0.333. The number of para-hydroxylation sites is 1. The Balaban J connectivity index is 1.95. The fourth-order valence-electron chi connectivity index (χ4n) is 2.46. The second kappa shape index (κ2) is 5.97. The van der Waals surface area contributed by atoms with Crippen molar-refractivity contribution < 1.29 is 14.1 Å². The molecule has 1 aromatic heterocycles. The minimum Gasteiger partial charge on any atom is -0.496 e. The molecule has 3 rings (SSSR count). The lowest BCUT2D eigenvalue weighted by Gasteiger charge is -2.27. The summed E-state index contributed by atoms with van der Waals surface area (Å²) in [6.45, 7) is 2.99. The number of amides is 1. The third-order valence-electron chi connectivity index (χ3n) is 3.56. The van der Waals surface area contributed by atoms with E-state index in [9.17, 15) is 4.79 Å². The predicted molar refractivity (Wildman–Crippen MR) is 77.3 cm³/mol. The zero-order chi connectivity index (χ0) is 14.7. The number of methoxy groups -OCH3 is 1. The van der Waals surface area contributed by atoms with Crippen LogP contribution < -0.4 is 10.1 Å². The second-order valence-corrected chi connectivity index (χ2v) is 4.81. The van der Waals surface area contributed by atoms with Crippen molar-refractivity contribution in [3.63, 3.8) is 0 Å². The molecule has 0 saturated carbocycles. The van der Waals surface area contributed by atoms with Gasteiger partial charge >= 0.3 is 0 Å². The highest BCUT2D eigenvalue weighted by atomic mass is 16.5. The molecule has 110 valence electrons. The summed E-state index contributed by atoms with van der Waals surface area (Å²) >= 11 is 0. The topological polar surface area (TPSA) is 67.6 Å². The van der Waals surface area contributed by atoms with Crippen LogP contribution in [0.4, 0.5) is 0 Å². The van der Waals surface area contributed by atoms with Gasteiger partial charge in [0.1, 0.15) is 11.3 Å². The Hall–Kier alpha value is -2.34. The molecular formula is C15H17N3O3. The first-order chi connectivity index (χ1) is 10.3. The Morgan fingerprint density at radius 3 is 2.86 bits per heavy atom. The average Bonchev–Trinajstić information content (AvgIpc) is 3.04. The third kappa shape index (κ3) is 2.62. The molecule has 0 aliphatic carbocycles. The maximum absolute atomic E-state index is 12.6. The Morgan fingerprint density at radius 2 is 2.10 bits per heavy atom. The van der Waals surface area contributed by atoms with Gasteiger partial charge in [0.15, 0.2) is 5.76 Å². The van der Waals surface area contributed by atoms with Crippen LogP contribution in [-0.4, -0.2) is 49.3 Å². The van der Waals surface area contributed by atoms with Gasteiger partial charge in [0.2, 0.25) is 0 Å². The number of nitrogens with one attached hydrogen (secondary N) is 1. The standard InChI is InChI=1S/C15H17N3O3/c1-20-13-5-3-2-4-11(13)14-12(10-17-21-14)15(19)18-8-6-16-7-9-18/h2-5,10,16H,6-9H2,1H3. The molecule has 1 aliphatic rings. The van der Waals surface area contributed by atoms with E-state index in [1.165, 1.54) is 6.20 Å². The molecule has 2 aromatic rings. The third-order valence-corrected chi connectivity index (χ3v) is 3.56. The Morgan fingerprint density at radius 1 is 1.33 bits per heavy atom. The highest BCUT2D eigenvalue weighted by Crippen LogP contribution is 2.32. The number of rotatable bonds is 3. The first kappa shape index (κ1) is 13.6. The van der Waals surface area contributed by atoms with Crippen molar-refractivity contribution >= 4 is 5.91 Å². The number of carbonyl (C=O) groups excluding carboxylic acids is 1. The summed E-state index contributed by atoms with van der Waals surface area (Å²) in [6, 6.07) is 7.43. The number of hydrogen-bond acceptors (Lipinski definition) is 5. The molecule has 1 fully saturated rings. The maximum atomic E-state index is 12.6. The Kier molecular flexibility index (Phi) is 3.87. The van der Waals surface area contributed by atoms with Gasteiger partial charge in [-0.05, 0) is 12.1 Å². The molecular weight excluding hydrogens is 270 g/mol. The minimum atomic E-state index is -0.0568. The lowest BCUT2D eigenvalue weighted by molar-refractivity contribution is 0.0736. The summed E-state index contributed by atoms with van der Waals surface area (Å²) in [5.74, 6) is 1.05. The van der Waals surface area contributed by atoms with Crippen LogP contribution in [0.15, 0.2) is 35.0 Å². The van der Waals surface area contributed by atoms with Gasteiger partial charge in [-0.1, -0.05) is 17.3 Å². The number of ether oxygens (including phenoxy) is 1. The van der Waals surface area contributed by atoms with Gasteiger partial charge in [0.05, 0.1) is 18.9 Å². The number of aromatic nitrogens is 1. The van der Waals surface area contributed by atoms with Gasteiger partial charge in [-0.3, -0.25) is 4.79 Å². The molecule has 0 unspecified atom stereocenters. The smallest absolute Gasteiger partial charge is 0.259 e. The molecule has 6 heteroatoms. The Bertz CT molecular complexity index is 633. The van der Waals surface area contributed by atoms with Gasteiger partial charge in [-0.25, -0.2) is 0 Å². The van der Waals surface area contributed by atoms with E-state index in [-0.39, 0.29) is 5.91 Å². The molecule has 0 radical (unpaired) electrons. The lowest BCUT2D eigenvalue weighted by atomic mass is 10.1. The molecule has 1 aliphatic heterocycles. The molecule has 2 heterocycles. The van der Waals surface area contributed by atoms with Crippen LogP contribution in [0, 0.1) is 0 Å². The Labute approximate surface area is 122 Å². The quantitative estimate of drug-likeness (QED) is 0.924. The van der Waals surface area contributed by atoms with Crippen molar-refractivity contribution in [3.05, 3.63) is 36.0 Å². The number of benzene rings is 1. The van der Waals surface area contributed by atoms with E-state index in [1.807, 2.05) is 29.2 Å². The van der Waals surface area contributed by atoms with E-state index < -0.39 is 0 Å². The molecule has 0 atom stereocenters. The van der Waals surface area contributed by atoms with Crippen molar-refractivity contribution in [1.82, 2.24) is 15.4 Å². The van der Waals surface area contributed by atoms with Crippen molar-refractivity contribution in [2.24, 2.45) is 0 Å². The van der Waals surface area contributed by atoms with Crippen molar-refractivity contribution in [2.75, 3.05) is 33.3 Å². The number of carbonyl (C=O) groups is 1. The fourth-order valence-corrected chi connectivity index (χ4v) is 2.46. The largest absolute Gasteiger partial charge is 0.496 e. The summed E-state index contributed by atoms with van der Waals surface area (Å²) in [7, 11) is 1.59. The SMILES string of the molecule is COc1ccccc1-c1oncc1C(=O)N1CCNCC1. The highest BCUT2D eigenvalue weighted by Gasteiger charge is 2.25. The minimum absolute atomic E-state index is 0.0568. The van der Waals surface area contributed by atoms with Gasteiger partial charge < -0.3 is 19.5 Å². The monoisotopic (exact) mass is 287 g/mol. The van der Waals surface area contributed by atoms with Gasteiger partial charge in [0.25, 0.3) is 5.91 Å². The summed E-state index contributed by atoms with van der Waals surface area (Å²) in [4.78, 5) is 14.4. The molecule has 21 heavy (non-hydrogen) atoms. The van der Waals surface area contributed by atoms with E-state index in [0.29, 0.717) is 30.2 Å². The van der Waals surface area contributed by atoms with Crippen LogP contribution in [-0.2, 0) is 0 Å². The van der Waals surface area contributed by atoms with E-state index >= 15 is 0 Å². The molecule has 1 N–H and O–H groups in total. The molecule has 1 aromatic carbocycles. The zero-order valence-corrected chi connectivity index (χ0v) is 11.8. The first-order valence-corrected chi connectivity index (χ1v) is 6.89. The van der Waals surface area contributed by atoms with Gasteiger partial charge in [0, 0.05) is 26.2 Å². The molecule has 6 nitrogen and oxygen atoms in total. The van der Waals surface area contributed by atoms with E-state index in [4.69, 9.17) is 9.26 Å². The second-order valence-electron chi connectivity index (χ2n) is 4.81. The van der Waals surface area contributed by atoms with Crippen LogP contribution in [0.1, 0.15) is 10.4 Å². The van der Waals surface area contributed by atoms with Crippen LogP contribution in [0.3, 0.4) is 0 Å². The lowest BCUT2D eigenvalue weighted by Crippen LogP contribution is -2.46. The molecule has 1 saturated heterocycles. The summed E-state index contributed by atoms with van der Waals surface area (Å²) < 4.78 is 10.6. The molecule has 0 spiro atoms. The van der Waals surface area contributed by atoms with Crippen LogP contribution in [0.25, 0.3) is 11.3 Å². The van der Waals surface area contributed by atoms with Gasteiger partial charge in [-0.15, -0.1) is 0 Å². The van der Waals surface area contributed by atoms with E-state index in [0.717, 1.165) is 18.7 Å². The number of piperazine rings is 1. The molecule has 0 bridgehead atoms. The summed E-state index contributed by atoms with van der Waals surface area (Å²) in [5, 5.41) is 7.02. The van der Waals surface area contributed by atoms with E-state index in [2.05, 4.69) is 10.5 Å². The average molecular weight is 287 g/mol. The van der Waals surface area contributed by atoms with Crippen LogP contribution >= 0.6 is 0 Å². The molecule has 1 amide bonds. The normalized spacial score (nSPS) is 15.0.